The lowest BCUT2D eigenvalue weighted by Gasteiger charge is -2.00. The van der Waals surface area contributed by atoms with Crippen molar-refractivity contribution in [2.24, 2.45) is 5.10 Å². The maximum atomic E-state index is 11.7. The quantitative estimate of drug-likeness (QED) is 0.446. The molecule has 2 aromatic carbocycles. The molecule has 1 N–H and O–H groups in total. The molecule has 0 bridgehead atoms. The second-order valence-corrected chi connectivity index (χ2v) is 5.39. The normalized spacial score (nSPS) is 11.2. The van der Waals surface area contributed by atoms with Gasteiger partial charge in [-0.3, -0.25) is 9.36 Å². The van der Waals surface area contributed by atoms with Crippen molar-refractivity contribution in [1.29, 1.82) is 0 Å². The van der Waals surface area contributed by atoms with E-state index in [1.807, 2.05) is 48.7 Å². The summed E-state index contributed by atoms with van der Waals surface area (Å²) in [4.78, 5) is 11.7. The van der Waals surface area contributed by atoms with Crippen LogP contribution in [0.25, 0.3) is 10.9 Å². The standard InChI is InChI=1S/C19H19N3O/c1-15(23)22-14-17(18-9-5-6-10-19(18)22)13-21-20-12-11-16-7-3-2-4-8-16/h2-10,13-14,20H,11-12H2,1H3/b21-13+. The molecule has 3 aromatic rings. The van der Waals surface area contributed by atoms with E-state index in [1.165, 1.54) is 5.56 Å². The van der Waals surface area contributed by atoms with Crippen molar-refractivity contribution >= 4 is 23.0 Å². The fourth-order valence-corrected chi connectivity index (χ4v) is 2.59. The van der Waals surface area contributed by atoms with Crippen molar-refractivity contribution in [1.82, 2.24) is 9.99 Å². The number of hydrazone groups is 1. The summed E-state index contributed by atoms with van der Waals surface area (Å²) in [7, 11) is 0. The van der Waals surface area contributed by atoms with E-state index in [4.69, 9.17) is 0 Å². The number of carbonyl (C=O) groups is 1. The molecule has 0 unspecified atom stereocenters. The highest BCUT2D eigenvalue weighted by molar-refractivity contribution is 6.03. The summed E-state index contributed by atoms with van der Waals surface area (Å²) < 4.78 is 1.65. The van der Waals surface area contributed by atoms with Crippen LogP contribution in [0.3, 0.4) is 0 Å². The molecule has 0 amide bonds. The third kappa shape index (κ3) is 3.48. The highest BCUT2D eigenvalue weighted by Crippen LogP contribution is 2.19. The lowest BCUT2D eigenvalue weighted by molar-refractivity contribution is 0.0941. The van der Waals surface area contributed by atoms with E-state index in [-0.39, 0.29) is 5.91 Å². The van der Waals surface area contributed by atoms with Crippen molar-refractivity contribution < 1.29 is 4.79 Å². The summed E-state index contributed by atoms with van der Waals surface area (Å²) in [6.07, 6.45) is 4.52. The largest absolute Gasteiger partial charge is 0.310 e. The number of rotatable bonds is 5. The van der Waals surface area contributed by atoms with E-state index < -0.39 is 0 Å². The summed E-state index contributed by atoms with van der Waals surface area (Å²) in [6.45, 7) is 2.33. The Kier molecular flexibility index (Phi) is 4.52. The zero-order chi connectivity index (χ0) is 16.1. The Hall–Kier alpha value is -2.88. The van der Waals surface area contributed by atoms with Gasteiger partial charge in [-0.1, -0.05) is 48.5 Å². The summed E-state index contributed by atoms with van der Waals surface area (Å²) >= 11 is 0. The minimum absolute atomic E-state index is 0.00196. The number of aromatic nitrogens is 1. The molecule has 23 heavy (non-hydrogen) atoms. The van der Waals surface area contributed by atoms with Gasteiger partial charge in [-0.25, -0.2) is 0 Å². The molecule has 1 aromatic heterocycles. The van der Waals surface area contributed by atoms with Crippen LogP contribution in [0.4, 0.5) is 0 Å². The maximum absolute atomic E-state index is 11.7. The third-order valence-electron chi connectivity index (χ3n) is 3.75. The number of nitrogens with zero attached hydrogens (tertiary/aromatic N) is 2. The van der Waals surface area contributed by atoms with Crippen LogP contribution in [0.15, 0.2) is 65.9 Å². The predicted octanol–water partition coefficient (Wildman–Crippen LogP) is 3.47. The van der Waals surface area contributed by atoms with Crippen LogP contribution in [0.5, 0.6) is 0 Å². The first-order valence-electron chi connectivity index (χ1n) is 7.66. The Morgan fingerprint density at radius 1 is 1.13 bits per heavy atom. The molecule has 0 atom stereocenters. The van der Waals surface area contributed by atoms with Crippen LogP contribution in [-0.2, 0) is 6.42 Å². The molecule has 116 valence electrons. The molecule has 0 saturated carbocycles. The first-order chi connectivity index (χ1) is 11.3. The maximum Gasteiger partial charge on any atom is 0.227 e. The number of hydrogen-bond donors (Lipinski definition) is 1. The Labute approximate surface area is 135 Å². The van der Waals surface area contributed by atoms with Crippen LogP contribution in [0.1, 0.15) is 22.8 Å². The molecular weight excluding hydrogens is 286 g/mol. The highest BCUT2D eigenvalue weighted by Gasteiger charge is 2.08. The fourth-order valence-electron chi connectivity index (χ4n) is 2.59. The summed E-state index contributed by atoms with van der Waals surface area (Å²) in [5, 5.41) is 5.30. The van der Waals surface area contributed by atoms with E-state index in [0.29, 0.717) is 0 Å². The fraction of sp³-hybridized carbons (Fsp3) is 0.158. The van der Waals surface area contributed by atoms with Gasteiger partial charge in [-0.15, -0.1) is 0 Å². The van der Waals surface area contributed by atoms with E-state index >= 15 is 0 Å². The van der Waals surface area contributed by atoms with E-state index in [0.717, 1.165) is 29.4 Å². The summed E-state index contributed by atoms with van der Waals surface area (Å²) in [6, 6.07) is 18.1. The van der Waals surface area contributed by atoms with Crippen LogP contribution in [0, 0.1) is 0 Å². The van der Waals surface area contributed by atoms with Gasteiger partial charge in [-0.2, -0.15) is 5.10 Å². The molecule has 4 heteroatoms. The van der Waals surface area contributed by atoms with E-state index in [9.17, 15) is 4.79 Å². The van der Waals surface area contributed by atoms with Crippen LogP contribution in [0.2, 0.25) is 0 Å². The molecule has 0 aliphatic carbocycles. The number of para-hydroxylation sites is 1. The second kappa shape index (κ2) is 6.92. The number of hydrogen-bond acceptors (Lipinski definition) is 3. The molecule has 1 heterocycles. The first-order valence-corrected chi connectivity index (χ1v) is 7.66. The SMILES string of the molecule is CC(=O)n1cc(/C=N/NCCc2ccccc2)c2ccccc21. The molecule has 0 aliphatic heterocycles. The minimum Gasteiger partial charge on any atom is -0.310 e. The average molecular weight is 305 g/mol. The molecule has 0 fully saturated rings. The van der Waals surface area contributed by atoms with Gasteiger partial charge in [0.25, 0.3) is 0 Å². The smallest absolute Gasteiger partial charge is 0.227 e. The van der Waals surface area contributed by atoms with Gasteiger partial charge in [0.1, 0.15) is 0 Å². The number of nitrogens with one attached hydrogen (secondary N) is 1. The highest BCUT2D eigenvalue weighted by atomic mass is 16.1. The van der Waals surface area contributed by atoms with Gasteiger partial charge in [0.05, 0.1) is 11.7 Å². The lowest BCUT2D eigenvalue weighted by Crippen LogP contribution is -2.10. The number of fused-ring (bicyclic) bond motifs is 1. The first kappa shape index (κ1) is 15.0. The summed E-state index contributed by atoms with van der Waals surface area (Å²) in [5.41, 5.74) is 6.18. The second-order valence-electron chi connectivity index (χ2n) is 5.39. The van der Waals surface area contributed by atoms with Crippen LogP contribution in [-0.4, -0.2) is 23.2 Å². The van der Waals surface area contributed by atoms with Crippen LogP contribution < -0.4 is 5.43 Å². The molecule has 0 spiro atoms. The number of carbonyl (C=O) groups excluding carboxylic acids is 1. The van der Waals surface area contributed by atoms with Crippen molar-refractivity contribution in [3.05, 3.63) is 71.9 Å². The molecular formula is C19H19N3O. The van der Waals surface area contributed by atoms with E-state index in [1.54, 1.807) is 17.7 Å². The molecule has 3 rings (SSSR count). The Morgan fingerprint density at radius 2 is 1.87 bits per heavy atom. The van der Waals surface area contributed by atoms with Crippen molar-refractivity contribution in [2.75, 3.05) is 6.54 Å². The monoisotopic (exact) mass is 305 g/mol. The van der Waals surface area contributed by atoms with Gasteiger partial charge >= 0.3 is 0 Å². The average Bonchev–Trinajstić information content (AvgIpc) is 2.95. The van der Waals surface area contributed by atoms with E-state index in [2.05, 4.69) is 22.7 Å². The van der Waals surface area contributed by atoms with Crippen LogP contribution >= 0.6 is 0 Å². The third-order valence-corrected chi connectivity index (χ3v) is 3.75. The van der Waals surface area contributed by atoms with Gasteiger partial charge < -0.3 is 5.43 Å². The van der Waals surface area contributed by atoms with Gasteiger partial charge in [0.15, 0.2) is 0 Å². The molecule has 0 saturated heterocycles. The van der Waals surface area contributed by atoms with Gasteiger partial charge in [0.2, 0.25) is 5.91 Å². The Bertz CT molecular complexity index is 834. The van der Waals surface area contributed by atoms with Gasteiger partial charge in [0, 0.05) is 30.6 Å². The van der Waals surface area contributed by atoms with Gasteiger partial charge in [-0.05, 0) is 18.1 Å². The minimum atomic E-state index is -0.00196. The zero-order valence-electron chi connectivity index (χ0n) is 13.1. The topological polar surface area (TPSA) is 46.4 Å². The zero-order valence-corrected chi connectivity index (χ0v) is 13.1. The van der Waals surface area contributed by atoms with Crippen molar-refractivity contribution in [2.45, 2.75) is 13.3 Å². The van der Waals surface area contributed by atoms with Crippen molar-refractivity contribution in [3.8, 4) is 0 Å². The Balaban J connectivity index is 1.68. The lowest BCUT2D eigenvalue weighted by atomic mass is 10.2. The molecule has 0 radical (unpaired) electrons. The Morgan fingerprint density at radius 3 is 2.65 bits per heavy atom. The molecule has 4 nitrogen and oxygen atoms in total. The molecule has 0 aliphatic rings. The van der Waals surface area contributed by atoms with Crippen molar-refractivity contribution in [3.63, 3.8) is 0 Å². The number of benzene rings is 2. The summed E-state index contributed by atoms with van der Waals surface area (Å²) in [5.74, 6) is -0.00196. The predicted molar refractivity (Wildman–Crippen MR) is 94.0 cm³/mol.